The van der Waals surface area contributed by atoms with Gasteiger partial charge in [-0.3, -0.25) is 9.59 Å². The second kappa shape index (κ2) is 8.49. The average Bonchev–Trinajstić information content (AvgIpc) is 2.78. The van der Waals surface area contributed by atoms with Crippen molar-refractivity contribution in [3.63, 3.8) is 0 Å². The van der Waals surface area contributed by atoms with Crippen LogP contribution in [-0.4, -0.2) is 35.0 Å². The predicted molar refractivity (Wildman–Crippen MR) is 80.5 cm³/mol. The van der Waals surface area contributed by atoms with Gasteiger partial charge in [0, 0.05) is 18.7 Å². The van der Waals surface area contributed by atoms with Crippen LogP contribution in [0.1, 0.15) is 61.2 Å². The molecule has 0 aliphatic carbocycles. The number of carbonyl (C=O) groups is 2. The Labute approximate surface area is 125 Å². The summed E-state index contributed by atoms with van der Waals surface area (Å²) in [6.45, 7) is 7.35. The first-order valence-electron chi connectivity index (χ1n) is 7.59. The van der Waals surface area contributed by atoms with Crippen LogP contribution < -0.4 is 0 Å². The quantitative estimate of drug-likeness (QED) is 0.759. The highest BCUT2D eigenvalue weighted by Crippen LogP contribution is 2.20. The molecule has 118 valence electrons. The van der Waals surface area contributed by atoms with Crippen molar-refractivity contribution in [3.05, 3.63) is 23.2 Å². The molecule has 1 heterocycles. The third-order valence-corrected chi connectivity index (χ3v) is 3.43. The summed E-state index contributed by atoms with van der Waals surface area (Å²) in [5.74, 6) is -0.852. The molecule has 0 aliphatic rings. The van der Waals surface area contributed by atoms with Crippen LogP contribution in [0.15, 0.2) is 10.7 Å². The molecule has 1 N–H and O–H groups in total. The first kappa shape index (κ1) is 17.3. The van der Waals surface area contributed by atoms with Crippen LogP contribution in [0.3, 0.4) is 0 Å². The Balaban J connectivity index is 2.95. The molecular weight excluding hydrogens is 270 g/mol. The summed E-state index contributed by atoms with van der Waals surface area (Å²) >= 11 is 0. The largest absolute Gasteiger partial charge is 0.481 e. The molecule has 5 nitrogen and oxygen atoms in total. The van der Waals surface area contributed by atoms with Gasteiger partial charge in [0.2, 0.25) is 0 Å². The zero-order valence-electron chi connectivity index (χ0n) is 13.1. The number of rotatable bonds is 9. The molecule has 0 atom stereocenters. The van der Waals surface area contributed by atoms with E-state index >= 15 is 0 Å². The molecule has 1 amide bonds. The Morgan fingerprint density at radius 2 is 1.76 bits per heavy atom. The van der Waals surface area contributed by atoms with E-state index in [-0.39, 0.29) is 18.1 Å². The summed E-state index contributed by atoms with van der Waals surface area (Å²) in [6, 6.07) is 0. The number of hydrogen-bond acceptors (Lipinski definition) is 3. The number of furan rings is 1. The molecular formula is C16H25NO4. The summed E-state index contributed by atoms with van der Waals surface area (Å²) in [7, 11) is 0. The zero-order chi connectivity index (χ0) is 15.8. The van der Waals surface area contributed by atoms with Gasteiger partial charge in [-0.25, -0.2) is 0 Å². The van der Waals surface area contributed by atoms with Crippen molar-refractivity contribution in [1.82, 2.24) is 4.90 Å². The van der Waals surface area contributed by atoms with Crippen molar-refractivity contribution in [2.45, 2.75) is 52.9 Å². The first-order chi connectivity index (χ1) is 10.0. The van der Waals surface area contributed by atoms with E-state index < -0.39 is 5.97 Å². The minimum Gasteiger partial charge on any atom is -0.481 e. The molecule has 0 unspecified atom stereocenters. The molecule has 1 aromatic heterocycles. The van der Waals surface area contributed by atoms with Gasteiger partial charge in [-0.05, 0) is 19.8 Å². The van der Waals surface area contributed by atoms with Gasteiger partial charge >= 0.3 is 5.97 Å². The summed E-state index contributed by atoms with van der Waals surface area (Å²) in [5, 5.41) is 8.92. The highest BCUT2D eigenvalue weighted by atomic mass is 16.4. The molecule has 1 aromatic rings. The SMILES string of the molecule is CCCCN(CCCC)C(=O)c1c(C)coc1CC(=O)O. The lowest BCUT2D eigenvalue weighted by Crippen LogP contribution is -2.33. The van der Waals surface area contributed by atoms with E-state index in [0.717, 1.165) is 25.7 Å². The average molecular weight is 295 g/mol. The molecule has 0 aliphatic heterocycles. The van der Waals surface area contributed by atoms with Gasteiger partial charge in [0.25, 0.3) is 5.91 Å². The fraction of sp³-hybridized carbons (Fsp3) is 0.625. The number of aryl methyl sites for hydroxylation is 1. The molecule has 5 heteroatoms. The molecule has 0 saturated carbocycles. The van der Waals surface area contributed by atoms with Crippen molar-refractivity contribution in [2.75, 3.05) is 13.1 Å². The standard InChI is InChI=1S/C16H25NO4/c1-4-6-8-17(9-7-5-2)16(20)15-12(3)11-21-13(15)10-14(18)19/h11H,4-10H2,1-3H3,(H,18,19). The van der Waals surface area contributed by atoms with Crippen molar-refractivity contribution in [1.29, 1.82) is 0 Å². The van der Waals surface area contributed by atoms with Crippen molar-refractivity contribution in [3.8, 4) is 0 Å². The van der Waals surface area contributed by atoms with E-state index in [0.29, 0.717) is 24.2 Å². The van der Waals surface area contributed by atoms with E-state index in [9.17, 15) is 9.59 Å². The maximum atomic E-state index is 12.7. The zero-order valence-corrected chi connectivity index (χ0v) is 13.1. The van der Waals surface area contributed by atoms with Crippen LogP contribution >= 0.6 is 0 Å². The molecule has 0 saturated heterocycles. The normalized spacial score (nSPS) is 10.6. The van der Waals surface area contributed by atoms with Gasteiger partial charge in [-0.2, -0.15) is 0 Å². The Morgan fingerprint density at radius 3 is 2.24 bits per heavy atom. The highest BCUT2D eigenvalue weighted by Gasteiger charge is 2.24. The predicted octanol–water partition coefficient (Wildman–Crippen LogP) is 3.26. The lowest BCUT2D eigenvalue weighted by Gasteiger charge is -2.22. The summed E-state index contributed by atoms with van der Waals surface area (Å²) in [6.07, 6.45) is 5.12. The van der Waals surface area contributed by atoms with Gasteiger partial charge in [0.05, 0.1) is 11.8 Å². The number of hydrogen-bond donors (Lipinski definition) is 1. The number of carboxylic acid groups (broad SMARTS) is 1. The van der Waals surface area contributed by atoms with E-state index in [1.54, 1.807) is 6.92 Å². The number of nitrogens with zero attached hydrogens (tertiary/aromatic N) is 1. The number of aliphatic carboxylic acids is 1. The van der Waals surface area contributed by atoms with Crippen LogP contribution in [0.2, 0.25) is 0 Å². The van der Waals surface area contributed by atoms with Crippen molar-refractivity contribution < 1.29 is 19.1 Å². The maximum Gasteiger partial charge on any atom is 0.311 e. The van der Waals surface area contributed by atoms with Gasteiger partial charge < -0.3 is 14.4 Å². The van der Waals surface area contributed by atoms with Crippen LogP contribution in [0.5, 0.6) is 0 Å². The van der Waals surface area contributed by atoms with E-state index in [1.165, 1.54) is 6.26 Å². The van der Waals surface area contributed by atoms with Crippen LogP contribution in [0, 0.1) is 6.92 Å². The summed E-state index contributed by atoms with van der Waals surface area (Å²) in [4.78, 5) is 25.4. The molecule has 0 fully saturated rings. The fourth-order valence-electron chi connectivity index (χ4n) is 2.22. The Hall–Kier alpha value is -1.78. The van der Waals surface area contributed by atoms with E-state index in [1.807, 2.05) is 4.90 Å². The Kier molecular flexibility index (Phi) is 6.99. The summed E-state index contributed by atoms with van der Waals surface area (Å²) in [5.41, 5.74) is 1.12. The molecule has 1 rings (SSSR count). The van der Waals surface area contributed by atoms with E-state index in [4.69, 9.17) is 9.52 Å². The second-order valence-corrected chi connectivity index (χ2v) is 5.29. The van der Waals surface area contributed by atoms with E-state index in [2.05, 4.69) is 13.8 Å². The number of carboxylic acids is 1. The first-order valence-corrected chi connectivity index (χ1v) is 7.59. The fourth-order valence-corrected chi connectivity index (χ4v) is 2.22. The monoisotopic (exact) mass is 295 g/mol. The molecule has 21 heavy (non-hydrogen) atoms. The Bertz CT molecular complexity index is 471. The topological polar surface area (TPSA) is 70.8 Å². The minimum atomic E-state index is -0.993. The third kappa shape index (κ3) is 4.92. The van der Waals surface area contributed by atoms with Crippen LogP contribution in [-0.2, 0) is 11.2 Å². The smallest absolute Gasteiger partial charge is 0.311 e. The number of carbonyl (C=O) groups excluding carboxylic acids is 1. The Morgan fingerprint density at radius 1 is 1.19 bits per heavy atom. The highest BCUT2D eigenvalue weighted by molar-refractivity contribution is 5.97. The second-order valence-electron chi connectivity index (χ2n) is 5.29. The third-order valence-electron chi connectivity index (χ3n) is 3.43. The summed E-state index contributed by atoms with van der Waals surface area (Å²) < 4.78 is 5.26. The molecule has 0 bridgehead atoms. The minimum absolute atomic E-state index is 0.112. The van der Waals surface area contributed by atoms with Gasteiger partial charge in [-0.15, -0.1) is 0 Å². The lowest BCUT2D eigenvalue weighted by molar-refractivity contribution is -0.136. The van der Waals surface area contributed by atoms with Gasteiger partial charge in [0.15, 0.2) is 0 Å². The lowest BCUT2D eigenvalue weighted by atomic mass is 10.1. The van der Waals surface area contributed by atoms with Gasteiger partial charge in [0.1, 0.15) is 12.2 Å². The maximum absolute atomic E-state index is 12.7. The van der Waals surface area contributed by atoms with Crippen LogP contribution in [0.4, 0.5) is 0 Å². The molecule has 0 spiro atoms. The number of unbranched alkanes of at least 4 members (excludes halogenated alkanes) is 2. The van der Waals surface area contributed by atoms with Gasteiger partial charge in [-0.1, -0.05) is 26.7 Å². The number of amides is 1. The van der Waals surface area contributed by atoms with Crippen molar-refractivity contribution in [2.24, 2.45) is 0 Å². The van der Waals surface area contributed by atoms with Crippen LogP contribution in [0.25, 0.3) is 0 Å². The molecule has 0 aromatic carbocycles. The molecule has 0 radical (unpaired) electrons. The van der Waals surface area contributed by atoms with Crippen molar-refractivity contribution >= 4 is 11.9 Å².